The van der Waals surface area contributed by atoms with Crippen molar-refractivity contribution in [3.05, 3.63) is 187 Å². The van der Waals surface area contributed by atoms with E-state index in [1.54, 1.807) is 0 Å². The number of para-hydroxylation sites is 1. The summed E-state index contributed by atoms with van der Waals surface area (Å²) in [6.07, 6.45) is 6.68. The topological polar surface area (TPSA) is 27.3 Å². The van der Waals surface area contributed by atoms with E-state index in [0.29, 0.717) is 0 Å². The molecule has 0 N–H and O–H groups in total. The number of benzene rings is 7. The van der Waals surface area contributed by atoms with Gasteiger partial charge in [0.2, 0.25) is 0 Å². The minimum absolute atomic E-state index is 0.0333. The van der Waals surface area contributed by atoms with Gasteiger partial charge < -0.3 is 13.7 Å². The van der Waals surface area contributed by atoms with Crippen molar-refractivity contribution in [2.75, 3.05) is 0 Å². The first-order valence-electron chi connectivity index (χ1n) is 17.6. The summed E-state index contributed by atoms with van der Waals surface area (Å²) in [7, 11) is 0. The number of aromatic nitrogens is 1. The maximum Gasteiger partial charge on any atom is 0.177 e. The van der Waals surface area contributed by atoms with Gasteiger partial charge in [-0.3, -0.25) is 0 Å². The number of ether oxygens (including phenoxy) is 1. The van der Waals surface area contributed by atoms with Gasteiger partial charge in [0.15, 0.2) is 11.3 Å². The Morgan fingerprint density at radius 2 is 1.10 bits per heavy atom. The van der Waals surface area contributed by atoms with Crippen LogP contribution in [0.15, 0.2) is 180 Å². The Labute approximate surface area is 295 Å². The predicted molar refractivity (Wildman–Crippen MR) is 210 cm³/mol. The molecular weight excluding hydrogens is 623 g/mol. The van der Waals surface area contributed by atoms with Crippen molar-refractivity contribution in [3.8, 4) is 33.7 Å². The minimum Gasteiger partial charge on any atom is -0.481 e. The zero-order valence-corrected chi connectivity index (χ0v) is 27.7. The third kappa shape index (κ3) is 4.38. The predicted octanol–water partition coefficient (Wildman–Crippen LogP) is 12.5. The average molecular weight is 654 g/mol. The molecule has 11 rings (SSSR count). The zero-order chi connectivity index (χ0) is 33.5. The standard InChI is InChI=1S/C48H31NO2/c1-4-10-30(11-5-1)32-16-22-43-39(26-32)40-27-34(17-23-44(40)49(43)36-14-8-3-9-15-36)35-19-25-46-42(29-35)38-21-20-37-41-28-33(31-12-6-2-7-13-31)18-24-45(41)50-47(37)48(38)51-46/h1-29,41,45H. The molecule has 0 saturated heterocycles. The summed E-state index contributed by atoms with van der Waals surface area (Å²) in [5.41, 5.74) is 13.6. The van der Waals surface area contributed by atoms with Gasteiger partial charge in [0.05, 0.1) is 11.0 Å². The van der Waals surface area contributed by atoms with Crippen molar-refractivity contribution >= 4 is 49.3 Å². The van der Waals surface area contributed by atoms with E-state index in [1.807, 2.05) is 0 Å². The minimum atomic E-state index is -0.0333. The van der Waals surface area contributed by atoms with E-state index in [4.69, 9.17) is 9.15 Å². The lowest BCUT2D eigenvalue weighted by atomic mass is 9.87. The van der Waals surface area contributed by atoms with Crippen LogP contribution in [0.5, 0.6) is 5.75 Å². The van der Waals surface area contributed by atoms with Crippen molar-refractivity contribution in [3.63, 3.8) is 0 Å². The number of rotatable bonds is 4. The molecule has 7 aromatic carbocycles. The van der Waals surface area contributed by atoms with Crippen LogP contribution in [0.25, 0.3) is 77.3 Å². The number of fused-ring (bicyclic) bond motifs is 10. The largest absolute Gasteiger partial charge is 0.481 e. The van der Waals surface area contributed by atoms with E-state index in [9.17, 15) is 0 Å². The fourth-order valence-electron chi connectivity index (χ4n) is 8.26. The van der Waals surface area contributed by atoms with Crippen LogP contribution < -0.4 is 4.74 Å². The first-order chi connectivity index (χ1) is 25.3. The first-order valence-corrected chi connectivity index (χ1v) is 17.6. The third-order valence-electron chi connectivity index (χ3n) is 10.7. The van der Waals surface area contributed by atoms with E-state index in [1.165, 1.54) is 55.2 Å². The van der Waals surface area contributed by atoms with Crippen LogP contribution in [0.4, 0.5) is 0 Å². The molecule has 0 saturated carbocycles. The highest BCUT2D eigenvalue weighted by Crippen LogP contribution is 2.49. The monoisotopic (exact) mass is 653 g/mol. The molecule has 1 aliphatic carbocycles. The van der Waals surface area contributed by atoms with Gasteiger partial charge in [0.25, 0.3) is 0 Å². The molecule has 9 aromatic rings. The van der Waals surface area contributed by atoms with Crippen molar-refractivity contribution in [2.24, 2.45) is 0 Å². The molecule has 3 heteroatoms. The molecule has 0 amide bonds. The number of furan rings is 1. The summed E-state index contributed by atoms with van der Waals surface area (Å²) in [6, 6.07) is 56.5. The SMILES string of the molecule is C1=CC2Oc3c(ccc4c3oc3ccc(-c5ccc6c(c5)c5cc(-c7ccccc7)ccc5n6-c5ccccc5)cc34)C2C=C1c1ccccc1. The molecule has 0 radical (unpaired) electrons. The van der Waals surface area contributed by atoms with Crippen molar-refractivity contribution in [1.29, 1.82) is 0 Å². The highest BCUT2D eigenvalue weighted by Gasteiger charge is 2.36. The van der Waals surface area contributed by atoms with E-state index < -0.39 is 0 Å². The molecule has 2 aliphatic rings. The lowest BCUT2D eigenvalue weighted by Gasteiger charge is -2.18. The summed E-state index contributed by atoms with van der Waals surface area (Å²) < 4.78 is 15.5. The second-order valence-electron chi connectivity index (χ2n) is 13.6. The van der Waals surface area contributed by atoms with Crippen LogP contribution >= 0.6 is 0 Å². The van der Waals surface area contributed by atoms with Crippen molar-refractivity contribution in [1.82, 2.24) is 4.57 Å². The van der Waals surface area contributed by atoms with E-state index in [0.717, 1.165) is 38.9 Å². The first kappa shape index (κ1) is 28.3. The van der Waals surface area contributed by atoms with Gasteiger partial charge >= 0.3 is 0 Å². The maximum atomic E-state index is 6.59. The fraction of sp³-hybridized carbons (Fsp3) is 0.0417. The van der Waals surface area contributed by atoms with Crippen molar-refractivity contribution < 1.29 is 9.15 Å². The zero-order valence-electron chi connectivity index (χ0n) is 27.7. The molecule has 3 nitrogen and oxygen atoms in total. The van der Waals surface area contributed by atoms with Gasteiger partial charge in [0, 0.05) is 38.7 Å². The Kier molecular flexibility index (Phi) is 6.08. The molecule has 240 valence electrons. The summed E-state index contributed by atoms with van der Waals surface area (Å²) >= 11 is 0. The second kappa shape index (κ2) is 11.0. The van der Waals surface area contributed by atoms with Crippen LogP contribution in [-0.2, 0) is 0 Å². The molecule has 0 fully saturated rings. The van der Waals surface area contributed by atoms with Gasteiger partial charge in [0.1, 0.15) is 11.7 Å². The molecule has 2 aromatic heterocycles. The number of nitrogens with zero attached hydrogens (tertiary/aromatic N) is 1. The van der Waals surface area contributed by atoms with E-state index >= 15 is 0 Å². The fourth-order valence-corrected chi connectivity index (χ4v) is 8.26. The summed E-state index contributed by atoms with van der Waals surface area (Å²) in [4.78, 5) is 0. The van der Waals surface area contributed by atoms with Crippen LogP contribution in [0, 0.1) is 0 Å². The molecule has 2 atom stereocenters. The summed E-state index contributed by atoms with van der Waals surface area (Å²) in [6.45, 7) is 0. The van der Waals surface area contributed by atoms with E-state index in [2.05, 4.69) is 181 Å². The van der Waals surface area contributed by atoms with E-state index in [-0.39, 0.29) is 12.0 Å². The molecule has 2 unspecified atom stereocenters. The smallest absolute Gasteiger partial charge is 0.177 e. The molecule has 0 bridgehead atoms. The molecular formula is C48H31NO2. The molecule has 51 heavy (non-hydrogen) atoms. The Morgan fingerprint density at radius 1 is 0.490 bits per heavy atom. The summed E-state index contributed by atoms with van der Waals surface area (Å²) in [5.74, 6) is 1.01. The van der Waals surface area contributed by atoms with Crippen LogP contribution in [0.3, 0.4) is 0 Å². The number of allylic oxidation sites excluding steroid dienone is 2. The average Bonchev–Trinajstić information content (AvgIpc) is 3.87. The van der Waals surface area contributed by atoms with Gasteiger partial charge in [-0.15, -0.1) is 0 Å². The highest BCUT2D eigenvalue weighted by atomic mass is 16.5. The van der Waals surface area contributed by atoms with Gasteiger partial charge in [-0.2, -0.15) is 0 Å². The lowest BCUT2D eigenvalue weighted by molar-refractivity contribution is 0.269. The Morgan fingerprint density at radius 3 is 1.80 bits per heavy atom. The Balaban J connectivity index is 1.04. The summed E-state index contributed by atoms with van der Waals surface area (Å²) in [5, 5.41) is 4.64. The lowest BCUT2D eigenvalue weighted by Crippen LogP contribution is -2.16. The van der Waals surface area contributed by atoms with Crippen LogP contribution in [0.2, 0.25) is 0 Å². The van der Waals surface area contributed by atoms with Gasteiger partial charge in [-0.05, 0) is 94.1 Å². The number of hydrogen-bond acceptors (Lipinski definition) is 2. The quantitative estimate of drug-likeness (QED) is 0.189. The molecule has 3 heterocycles. The van der Waals surface area contributed by atoms with Gasteiger partial charge in [-0.1, -0.05) is 115 Å². The van der Waals surface area contributed by atoms with Crippen molar-refractivity contribution in [2.45, 2.75) is 12.0 Å². The Bertz CT molecular complexity index is 2880. The number of hydrogen-bond donors (Lipinski definition) is 0. The maximum absolute atomic E-state index is 6.59. The Hall–Kier alpha value is -6.58. The van der Waals surface area contributed by atoms with Crippen LogP contribution in [0.1, 0.15) is 17.0 Å². The highest BCUT2D eigenvalue weighted by molar-refractivity contribution is 6.13. The van der Waals surface area contributed by atoms with Crippen LogP contribution in [-0.4, -0.2) is 10.7 Å². The molecule has 1 aliphatic heterocycles. The normalized spacial score (nSPS) is 16.4. The molecule has 0 spiro atoms. The van der Waals surface area contributed by atoms with Gasteiger partial charge in [-0.25, -0.2) is 0 Å². The second-order valence-corrected chi connectivity index (χ2v) is 13.6. The third-order valence-corrected chi connectivity index (χ3v) is 10.7.